The maximum absolute atomic E-state index is 13.3. The Balaban J connectivity index is 1.88. The Morgan fingerprint density at radius 3 is 2.27 bits per heavy atom. The molecule has 1 heterocycles. The van der Waals surface area contributed by atoms with Crippen molar-refractivity contribution in [2.45, 2.75) is 11.4 Å². The number of benzene rings is 2. The van der Waals surface area contributed by atoms with E-state index in [1.807, 2.05) is 0 Å². The number of sulfonamides is 1. The first-order valence-corrected chi connectivity index (χ1v) is 11.4. The molecule has 0 aliphatic carbocycles. The zero-order valence-electron chi connectivity index (χ0n) is 18.5. The molecule has 0 atom stereocenters. The van der Waals surface area contributed by atoms with Crippen molar-refractivity contribution in [1.29, 1.82) is 0 Å². The first-order valence-electron chi connectivity index (χ1n) is 9.92. The minimum absolute atomic E-state index is 0.00901. The van der Waals surface area contributed by atoms with Crippen LogP contribution in [0, 0.1) is 0 Å². The SMILES string of the molecule is COc1ccc(CN(CC(=O)Nc2cc(OC)ccc2OC)S(=O)(=O)c2cccnc2)cc1. The fraction of sp³-hybridized carbons (Fsp3) is 0.217. The number of nitrogens with one attached hydrogen (secondary N) is 1. The Labute approximate surface area is 193 Å². The number of amides is 1. The first kappa shape index (κ1) is 24.0. The molecule has 10 heteroatoms. The van der Waals surface area contributed by atoms with Crippen LogP contribution in [-0.2, 0) is 21.4 Å². The van der Waals surface area contributed by atoms with Gasteiger partial charge in [-0.1, -0.05) is 12.1 Å². The summed E-state index contributed by atoms with van der Waals surface area (Å²) in [5, 5.41) is 2.71. The van der Waals surface area contributed by atoms with Crippen molar-refractivity contribution in [3.63, 3.8) is 0 Å². The number of carbonyl (C=O) groups excluding carboxylic acids is 1. The monoisotopic (exact) mass is 471 g/mol. The molecule has 0 fully saturated rings. The van der Waals surface area contributed by atoms with Crippen LogP contribution >= 0.6 is 0 Å². The van der Waals surface area contributed by atoms with E-state index in [1.54, 1.807) is 49.6 Å². The van der Waals surface area contributed by atoms with E-state index in [1.165, 1.54) is 38.7 Å². The van der Waals surface area contributed by atoms with E-state index in [0.717, 1.165) is 4.31 Å². The van der Waals surface area contributed by atoms with Gasteiger partial charge in [-0.2, -0.15) is 4.31 Å². The van der Waals surface area contributed by atoms with Crippen molar-refractivity contribution in [3.05, 3.63) is 72.6 Å². The van der Waals surface area contributed by atoms with Gasteiger partial charge in [0.2, 0.25) is 15.9 Å². The molecule has 0 saturated carbocycles. The fourth-order valence-electron chi connectivity index (χ4n) is 3.07. The molecule has 0 aliphatic heterocycles. The number of hydrogen-bond donors (Lipinski definition) is 1. The van der Waals surface area contributed by atoms with Crippen LogP contribution in [0.2, 0.25) is 0 Å². The van der Waals surface area contributed by atoms with E-state index in [2.05, 4.69) is 10.3 Å². The van der Waals surface area contributed by atoms with Gasteiger partial charge in [0.1, 0.15) is 22.1 Å². The summed E-state index contributed by atoms with van der Waals surface area (Å²) in [6, 6.07) is 14.8. The number of methoxy groups -OCH3 is 3. The van der Waals surface area contributed by atoms with Crippen LogP contribution in [0.25, 0.3) is 0 Å². The molecule has 3 aromatic rings. The standard InChI is InChI=1S/C23H25N3O6S/c1-30-18-8-6-17(7-9-18)15-26(33(28,29)20-5-4-12-24-14-20)16-23(27)25-21-13-19(31-2)10-11-22(21)32-3/h4-14H,15-16H2,1-3H3,(H,25,27). The first-order chi connectivity index (χ1) is 15.9. The number of ether oxygens (including phenoxy) is 3. The summed E-state index contributed by atoms with van der Waals surface area (Å²) < 4.78 is 43.3. The Bertz CT molecular complexity index is 1180. The van der Waals surface area contributed by atoms with Gasteiger partial charge in [0.05, 0.1) is 33.6 Å². The van der Waals surface area contributed by atoms with E-state index in [9.17, 15) is 13.2 Å². The minimum Gasteiger partial charge on any atom is -0.497 e. The van der Waals surface area contributed by atoms with E-state index < -0.39 is 22.5 Å². The highest BCUT2D eigenvalue weighted by molar-refractivity contribution is 7.89. The molecule has 3 rings (SSSR count). The number of aromatic nitrogens is 1. The van der Waals surface area contributed by atoms with Gasteiger partial charge in [-0.15, -0.1) is 0 Å². The summed E-state index contributed by atoms with van der Waals surface area (Å²) in [6.45, 7) is -0.451. The summed E-state index contributed by atoms with van der Waals surface area (Å²) in [6.07, 6.45) is 2.73. The van der Waals surface area contributed by atoms with Gasteiger partial charge in [-0.25, -0.2) is 8.42 Å². The van der Waals surface area contributed by atoms with Gasteiger partial charge in [0.25, 0.3) is 0 Å². The Kier molecular flexibility index (Phi) is 7.86. The predicted octanol–water partition coefficient (Wildman–Crippen LogP) is 2.94. The number of nitrogens with zero attached hydrogens (tertiary/aromatic N) is 2. The highest BCUT2D eigenvalue weighted by atomic mass is 32.2. The van der Waals surface area contributed by atoms with Crippen molar-refractivity contribution < 1.29 is 27.4 Å². The molecular weight excluding hydrogens is 446 g/mol. The minimum atomic E-state index is -4.01. The molecule has 0 spiro atoms. The quantitative estimate of drug-likeness (QED) is 0.484. The second-order valence-corrected chi connectivity index (χ2v) is 8.86. The average Bonchev–Trinajstić information content (AvgIpc) is 2.84. The molecule has 1 N–H and O–H groups in total. The zero-order chi connectivity index (χ0) is 23.8. The molecule has 0 unspecified atom stereocenters. The third-order valence-corrected chi connectivity index (χ3v) is 6.57. The number of anilines is 1. The van der Waals surface area contributed by atoms with Crippen LogP contribution in [0.4, 0.5) is 5.69 Å². The van der Waals surface area contributed by atoms with Crippen molar-refractivity contribution >= 4 is 21.6 Å². The summed E-state index contributed by atoms with van der Waals surface area (Å²) >= 11 is 0. The number of hydrogen-bond acceptors (Lipinski definition) is 7. The second kappa shape index (κ2) is 10.8. The zero-order valence-corrected chi connectivity index (χ0v) is 19.3. The van der Waals surface area contributed by atoms with Crippen molar-refractivity contribution in [2.24, 2.45) is 0 Å². The highest BCUT2D eigenvalue weighted by Crippen LogP contribution is 2.29. The van der Waals surface area contributed by atoms with Crippen LogP contribution in [0.5, 0.6) is 17.2 Å². The van der Waals surface area contributed by atoms with Crippen LogP contribution in [0.15, 0.2) is 71.9 Å². The smallest absolute Gasteiger partial charge is 0.245 e. The second-order valence-electron chi connectivity index (χ2n) is 6.92. The molecule has 2 aromatic carbocycles. The van der Waals surface area contributed by atoms with Crippen molar-refractivity contribution in [3.8, 4) is 17.2 Å². The largest absolute Gasteiger partial charge is 0.497 e. The molecule has 0 radical (unpaired) electrons. The van der Waals surface area contributed by atoms with Gasteiger partial charge < -0.3 is 19.5 Å². The lowest BCUT2D eigenvalue weighted by Crippen LogP contribution is -2.37. The highest BCUT2D eigenvalue weighted by Gasteiger charge is 2.27. The number of carbonyl (C=O) groups is 1. The number of pyridine rings is 1. The molecule has 1 amide bonds. The predicted molar refractivity (Wildman–Crippen MR) is 123 cm³/mol. The average molecular weight is 472 g/mol. The molecule has 9 nitrogen and oxygen atoms in total. The van der Waals surface area contributed by atoms with E-state index in [4.69, 9.17) is 14.2 Å². The van der Waals surface area contributed by atoms with Gasteiger partial charge in [0, 0.05) is 25.0 Å². The lowest BCUT2D eigenvalue weighted by molar-refractivity contribution is -0.116. The molecule has 1 aromatic heterocycles. The van der Waals surface area contributed by atoms with E-state index in [0.29, 0.717) is 28.5 Å². The lowest BCUT2D eigenvalue weighted by Gasteiger charge is -2.22. The van der Waals surface area contributed by atoms with Crippen molar-refractivity contribution in [1.82, 2.24) is 9.29 Å². The van der Waals surface area contributed by atoms with E-state index in [-0.39, 0.29) is 11.4 Å². The van der Waals surface area contributed by atoms with Gasteiger partial charge >= 0.3 is 0 Å². The summed E-state index contributed by atoms with van der Waals surface area (Å²) in [4.78, 5) is 16.8. The third kappa shape index (κ3) is 5.99. The molecule has 33 heavy (non-hydrogen) atoms. The maximum atomic E-state index is 13.3. The molecule has 174 valence electrons. The summed E-state index contributed by atoms with van der Waals surface area (Å²) in [5.41, 5.74) is 1.06. The van der Waals surface area contributed by atoms with E-state index >= 15 is 0 Å². The Morgan fingerprint density at radius 2 is 1.67 bits per heavy atom. The lowest BCUT2D eigenvalue weighted by atomic mass is 10.2. The van der Waals surface area contributed by atoms with Gasteiger partial charge in [0.15, 0.2) is 0 Å². The molecular formula is C23H25N3O6S. The maximum Gasteiger partial charge on any atom is 0.245 e. The summed E-state index contributed by atoms with van der Waals surface area (Å²) in [7, 11) is 0.516. The van der Waals surface area contributed by atoms with Crippen LogP contribution in [0.1, 0.15) is 5.56 Å². The summed E-state index contributed by atoms with van der Waals surface area (Å²) in [5.74, 6) is 1.04. The van der Waals surface area contributed by atoms with Gasteiger partial charge in [-0.05, 0) is 42.0 Å². The molecule has 0 bridgehead atoms. The number of rotatable bonds is 10. The normalized spacial score (nSPS) is 11.2. The fourth-order valence-corrected chi connectivity index (χ4v) is 4.42. The van der Waals surface area contributed by atoms with Crippen LogP contribution in [0.3, 0.4) is 0 Å². The Morgan fingerprint density at radius 1 is 0.970 bits per heavy atom. The molecule has 0 saturated heterocycles. The van der Waals surface area contributed by atoms with Crippen LogP contribution < -0.4 is 19.5 Å². The van der Waals surface area contributed by atoms with Gasteiger partial charge in [-0.3, -0.25) is 9.78 Å². The van der Waals surface area contributed by atoms with Crippen LogP contribution in [-0.4, -0.2) is 51.5 Å². The van der Waals surface area contributed by atoms with Crippen molar-refractivity contribution in [2.75, 3.05) is 33.2 Å². The molecule has 0 aliphatic rings. The Hall–Kier alpha value is -3.63. The topological polar surface area (TPSA) is 107 Å². The third-order valence-electron chi connectivity index (χ3n) is 4.79.